The number of nitrogens with one attached hydrogen (secondary N) is 1. The van der Waals surface area contributed by atoms with E-state index < -0.39 is 12.6 Å². The van der Waals surface area contributed by atoms with Crippen molar-refractivity contribution >= 4 is 0 Å². The van der Waals surface area contributed by atoms with Gasteiger partial charge >= 0.3 is 0 Å². The van der Waals surface area contributed by atoms with E-state index in [0.717, 1.165) is 38.4 Å². The third-order valence-electron chi connectivity index (χ3n) is 7.68. The van der Waals surface area contributed by atoms with E-state index in [2.05, 4.69) is 48.0 Å². The van der Waals surface area contributed by atoms with Gasteiger partial charge in [-0.25, -0.2) is 0 Å². The second-order valence-electron chi connectivity index (χ2n) is 9.89. The topological polar surface area (TPSA) is 71.4 Å². The first-order chi connectivity index (χ1) is 14.3. The van der Waals surface area contributed by atoms with Crippen LogP contribution < -0.4 is 5.32 Å². The average Bonchev–Trinajstić information content (AvgIpc) is 3.06. The largest absolute Gasteiger partial charge is 0.378 e. The van der Waals surface area contributed by atoms with Crippen LogP contribution in [0.15, 0.2) is 23.5 Å². The zero-order chi connectivity index (χ0) is 21.4. The Hall–Kier alpha value is -1.12. The van der Waals surface area contributed by atoms with Crippen molar-refractivity contribution in [3.8, 4) is 0 Å². The van der Waals surface area contributed by atoms with Crippen molar-refractivity contribution in [2.45, 2.75) is 65.3 Å². The van der Waals surface area contributed by atoms with Crippen LogP contribution in [0.4, 0.5) is 0 Å². The highest BCUT2D eigenvalue weighted by atomic mass is 16.6. The number of allylic oxidation sites excluding steroid dienone is 2. The molecule has 0 aromatic carbocycles. The van der Waals surface area contributed by atoms with E-state index in [1.54, 1.807) is 0 Å². The lowest BCUT2D eigenvalue weighted by atomic mass is 9.85. The Balaban J connectivity index is 1.32. The van der Waals surface area contributed by atoms with E-state index in [-0.39, 0.29) is 17.9 Å². The molecule has 4 rings (SSSR count). The molecular weight excluding hydrogens is 380 g/mol. The van der Waals surface area contributed by atoms with Gasteiger partial charge in [0.2, 0.25) is 6.41 Å². The molecular formula is C23H40N4O3. The predicted molar refractivity (Wildman–Crippen MR) is 117 cm³/mol. The highest BCUT2D eigenvalue weighted by Gasteiger charge is 2.38. The number of hydrogen-bond donors (Lipinski definition) is 3. The van der Waals surface area contributed by atoms with Crippen LogP contribution in [0.25, 0.3) is 0 Å². The molecule has 0 aromatic rings. The summed E-state index contributed by atoms with van der Waals surface area (Å²) in [6, 6.07) is 0.783. The molecule has 0 radical (unpaired) electrons. The lowest BCUT2D eigenvalue weighted by molar-refractivity contribution is -0.127. The Bertz CT molecular complexity index is 651. The van der Waals surface area contributed by atoms with Crippen LogP contribution in [0.3, 0.4) is 0 Å². The van der Waals surface area contributed by atoms with Crippen molar-refractivity contribution in [2.75, 3.05) is 39.3 Å². The van der Waals surface area contributed by atoms with E-state index in [0.29, 0.717) is 25.1 Å². The Morgan fingerprint density at radius 2 is 1.90 bits per heavy atom. The molecule has 3 heterocycles. The Kier molecular flexibility index (Phi) is 6.75. The Morgan fingerprint density at radius 1 is 1.17 bits per heavy atom. The molecule has 0 amide bonds. The number of piperazine rings is 1. The normalized spacial score (nSPS) is 40.0. The quantitative estimate of drug-likeness (QED) is 0.593. The minimum Gasteiger partial charge on any atom is -0.378 e. The van der Waals surface area contributed by atoms with Gasteiger partial charge in [0.05, 0.1) is 12.6 Å². The third-order valence-corrected chi connectivity index (χ3v) is 7.68. The Morgan fingerprint density at radius 3 is 2.50 bits per heavy atom. The van der Waals surface area contributed by atoms with Crippen LogP contribution in [0, 0.1) is 17.8 Å². The highest BCUT2D eigenvalue weighted by Crippen LogP contribution is 2.31. The predicted octanol–water partition coefficient (Wildman–Crippen LogP) is 1.36. The van der Waals surface area contributed by atoms with Crippen molar-refractivity contribution < 1.29 is 14.9 Å². The summed E-state index contributed by atoms with van der Waals surface area (Å²) in [7, 11) is 0. The van der Waals surface area contributed by atoms with Crippen molar-refractivity contribution in [3.05, 3.63) is 23.5 Å². The molecule has 7 heteroatoms. The van der Waals surface area contributed by atoms with Gasteiger partial charge in [-0.05, 0) is 44.6 Å². The van der Waals surface area contributed by atoms with Gasteiger partial charge in [-0.3, -0.25) is 9.80 Å². The van der Waals surface area contributed by atoms with Crippen LogP contribution in [0.2, 0.25) is 0 Å². The van der Waals surface area contributed by atoms with Crippen LogP contribution in [0.5, 0.6) is 0 Å². The lowest BCUT2D eigenvalue weighted by Gasteiger charge is -2.46. The van der Waals surface area contributed by atoms with E-state index in [9.17, 15) is 10.2 Å². The summed E-state index contributed by atoms with van der Waals surface area (Å²) >= 11 is 0. The Labute approximate surface area is 181 Å². The maximum absolute atomic E-state index is 11.1. The summed E-state index contributed by atoms with van der Waals surface area (Å²) in [5.74, 6) is 1.99. The van der Waals surface area contributed by atoms with E-state index in [4.69, 9.17) is 4.74 Å². The van der Waals surface area contributed by atoms with Crippen molar-refractivity contribution in [1.29, 1.82) is 0 Å². The zero-order valence-corrected chi connectivity index (χ0v) is 19.0. The molecule has 4 aliphatic rings. The van der Waals surface area contributed by atoms with Gasteiger partial charge in [0, 0.05) is 44.7 Å². The van der Waals surface area contributed by atoms with Gasteiger partial charge < -0.3 is 25.2 Å². The van der Waals surface area contributed by atoms with Crippen molar-refractivity contribution in [1.82, 2.24) is 20.0 Å². The molecule has 1 aliphatic carbocycles. The summed E-state index contributed by atoms with van der Waals surface area (Å²) in [5, 5.41) is 24.7. The summed E-state index contributed by atoms with van der Waals surface area (Å²) in [5.41, 5.74) is 1.53. The number of nitrogens with zero attached hydrogens (tertiary/aromatic N) is 3. The van der Waals surface area contributed by atoms with Crippen molar-refractivity contribution in [3.63, 3.8) is 0 Å². The van der Waals surface area contributed by atoms with Crippen molar-refractivity contribution in [2.24, 2.45) is 17.8 Å². The van der Waals surface area contributed by atoms with Gasteiger partial charge in [-0.1, -0.05) is 25.5 Å². The molecule has 0 saturated carbocycles. The van der Waals surface area contributed by atoms with Gasteiger partial charge in [-0.15, -0.1) is 0 Å². The molecule has 3 N–H and O–H groups in total. The molecule has 0 aromatic heterocycles. The molecule has 6 unspecified atom stereocenters. The van der Waals surface area contributed by atoms with Crippen LogP contribution in [-0.2, 0) is 4.74 Å². The number of ether oxygens (including phenoxy) is 1. The summed E-state index contributed by atoms with van der Waals surface area (Å²) in [4.78, 5) is 6.77. The minimum absolute atomic E-state index is 0.135. The summed E-state index contributed by atoms with van der Waals surface area (Å²) in [6.07, 6.45) is 5.59. The fourth-order valence-electron chi connectivity index (χ4n) is 5.75. The molecule has 7 nitrogen and oxygen atoms in total. The van der Waals surface area contributed by atoms with E-state index >= 15 is 0 Å². The van der Waals surface area contributed by atoms with Gasteiger partial charge in [-0.2, -0.15) is 0 Å². The van der Waals surface area contributed by atoms with Crippen LogP contribution >= 0.6 is 0 Å². The molecule has 0 bridgehead atoms. The molecule has 2 fully saturated rings. The van der Waals surface area contributed by atoms with Gasteiger partial charge in [0.25, 0.3) is 0 Å². The number of aliphatic hydroxyl groups excluding tert-OH is 2. The maximum Gasteiger partial charge on any atom is 0.239 e. The number of aliphatic hydroxyl groups is 2. The molecule has 0 spiro atoms. The third kappa shape index (κ3) is 4.41. The monoisotopic (exact) mass is 420 g/mol. The fourth-order valence-corrected chi connectivity index (χ4v) is 5.75. The number of rotatable bonds is 4. The first-order valence-electron chi connectivity index (χ1n) is 11.7. The second kappa shape index (κ2) is 9.17. The molecule has 3 aliphatic heterocycles. The second-order valence-corrected chi connectivity index (χ2v) is 9.89. The van der Waals surface area contributed by atoms with E-state index in [1.165, 1.54) is 12.0 Å². The van der Waals surface area contributed by atoms with Crippen LogP contribution in [-0.4, -0.2) is 89.0 Å². The van der Waals surface area contributed by atoms with Crippen LogP contribution in [0.1, 0.15) is 40.5 Å². The first-order valence-corrected chi connectivity index (χ1v) is 11.7. The van der Waals surface area contributed by atoms with E-state index in [1.807, 2.05) is 11.8 Å². The molecule has 7 atom stereocenters. The highest BCUT2D eigenvalue weighted by molar-refractivity contribution is 5.10. The first kappa shape index (κ1) is 22.1. The molecule has 30 heavy (non-hydrogen) atoms. The summed E-state index contributed by atoms with van der Waals surface area (Å²) < 4.78 is 5.34. The minimum atomic E-state index is -0.888. The number of hydrogen-bond acceptors (Lipinski definition) is 7. The summed E-state index contributed by atoms with van der Waals surface area (Å²) in [6.45, 7) is 14.0. The fraction of sp³-hybridized carbons (Fsp3) is 0.826. The molecule has 2 saturated heterocycles. The zero-order valence-electron chi connectivity index (χ0n) is 19.0. The molecule has 170 valence electrons. The smallest absolute Gasteiger partial charge is 0.239 e. The maximum atomic E-state index is 11.1. The van der Waals surface area contributed by atoms with Gasteiger partial charge in [0.1, 0.15) is 12.0 Å². The SMILES string of the molecule is CC1=CCC(N2CCN(C(O)C3CNC(N4C(O)OC[C@H]4C)=CC3C)CC2)C(C)C1. The average molecular weight is 421 g/mol. The lowest BCUT2D eigenvalue weighted by Crippen LogP contribution is -2.58. The van der Waals surface area contributed by atoms with Gasteiger partial charge in [0.15, 0.2) is 0 Å². The standard InChI is InChI=1S/C23H40N4O3/c1-15-5-6-20(17(3)11-15)25-7-9-26(10-8-25)22(28)19-13-24-21(12-16(19)2)27-18(4)14-30-23(27)29/h5,12,16-20,22-24,28-29H,6-11,13-14H2,1-4H3/t16?,17?,18-,19?,20?,22?,23?/m1/s1.